The molecule has 0 aliphatic carbocycles. The van der Waals surface area contributed by atoms with Gasteiger partial charge in [-0.1, -0.05) is 23.7 Å². The van der Waals surface area contributed by atoms with Crippen molar-refractivity contribution in [1.29, 1.82) is 0 Å². The Balaban J connectivity index is 2.16. The number of aromatic amines is 1. The Kier molecular flexibility index (Phi) is 3.67. The Morgan fingerprint density at radius 1 is 1.39 bits per heavy atom. The van der Waals surface area contributed by atoms with Crippen LogP contribution in [0.25, 0.3) is 0 Å². The van der Waals surface area contributed by atoms with E-state index >= 15 is 0 Å². The van der Waals surface area contributed by atoms with E-state index in [2.05, 4.69) is 10.2 Å². The molecule has 0 spiro atoms. The molecule has 1 unspecified atom stereocenters. The first-order valence-corrected chi connectivity index (χ1v) is 5.99. The van der Waals surface area contributed by atoms with E-state index in [4.69, 9.17) is 11.6 Å². The van der Waals surface area contributed by atoms with Crippen molar-refractivity contribution in [2.45, 2.75) is 13.0 Å². The molecule has 1 N–H and O–H groups in total. The largest absolute Gasteiger partial charge is 0.335 e. The summed E-state index contributed by atoms with van der Waals surface area (Å²) in [5.41, 5.74) is 1.59. The number of hydrogen-bond acceptors (Lipinski definition) is 2. The van der Waals surface area contributed by atoms with Crippen molar-refractivity contribution >= 4 is 17.5 Å². The summed E-state index contributed by atoms with van der Waals surface area (Å²) < 4.78 is 0. The van der Waals surface area contributed by atoms with Gasteiger partial charge in [0.15, 0.2) is 0 Å². The number of H-pyrrole nitrogens is 1. The van der Waals surface area contributed by atoms with Crippen LogP contribution < -0.4 is 0 Å². The number of carbonyl (C=O) groups excluding carboxylic acids is 1. The van der Waals surface area contributed by atoms with Gasteiger partial charge >= 0.3 is 0 Å². The van der Waals surface area contributed by atoms with E-state index in [9.17, 15) is 4.79 Å². The van der Waals surface area contributed by atoms with Crippen LogP contribution in [0.4, 0.5) is 0 Å². The molecule has 0 radical (unpaired) electrons. The number of carbonyl (C=O) groups is 1. The number of hydrogen-bond donors (Lipinski definition) is 1. The summed E-state index contributed by atoms with van der Waals surface area (Å²) in [5, 5.41) is 7.11. The molecule has 0 saturated heterocycles. The standard InChI is InChI=1S/C13H14ClN3O/c1-9(10-3-5-12(14)6-4-10)17(2)13(18)11-7-15-16-8-11/h3-9H,1-2H3,(H,15,16). The lowest BCUT2D eigenvalue weighted by Gasteiger charge is -2.24. The third kappa shape index (κ3) is 2.54. The van der Waals surface area contributed by atoms with Gasteiger partial charge in [-0.3, -0.25) is 9.89 Å². The first-order valence-electron chi connectivity index (χ1n) is 5.61. The number of halogens is 1. The summed E-state index contributed by atoms with van der Waals surface area (Å²) in [7, 11) is 1.77. The highest BCUT2D eigenvalue weighted by molar-refractivity contribution is 6.30. The van der Waals surface area contributed by atoms with Crippen LogP contribution in [0.3, 0.4) is 0 Å². The first-order chi connectivity index (χ1) is 8.59. The summed E-state index contributed by atoms with van der Waals surface area (Å²) in [5.74, 6) is -0.0637. The highest BCUT2D eigenvalue weighted by Crippen LogP contribution is 2.22. The third-order valence-electron chi connectivity index (χ3n) is 3.00. The minimum absolute atomic E-state index is 0.0235. The Labute approximate surface area is 111 Å². The van der Waals surface area contributed by atoms with Gasteiger partial charge < -0.3 is 4.90 Å². The van der Waals surface area contributed by atoms with Gasteiger partial charge in [0.05, 0.1) is 17.8 Å². The molecule has 2 aromatic rings. The van der Waals surface area contributed by atoms with Gasteiger partial charge in [-0.25, -0.2) is 0 Å². The molecule has 1 amide bonds. The highest BCUT2D eigenvalue weighted by Gasteiger charge is 2.19. The van der Waals surface area contributed by atoms with E-state index in [0.29, 0.717) is 10.6 Å². The fraction of sp³-hybridized carbons (Fsp3) is 0.231. The van der Waals surface area contributed by atoms with Crippen molar-refractivity contribution in [3.63, 3.8) is 0 Å². The maximum atomic E-state index is 12.1. The Morgan fingerprint density at radius 3 is 2.61 bits per heavy atom. The van der Waals surface area contributed by atoms with E-state index in [1.807, 2.05) is 31.2 Å². The minimum Gasteiger partial charge on any atom is -0.335 e. The molecule has 18 heavy (non-hydrogen) atoms. The topological polar surface area (TPSA) is 49.0 Å². The predicted molar refractivity (Wildman–Crippen MR) is 70.5 cm³/mol. The van der Waals surface area contributed by atoms with Crippen LogP contribution in [-0.4, -0.2) is 28.1 Å². The average Bonchev–Trinajstić information content (AvgIpc) is 2.91. The number of amides is 1. The van der Waals surface area contributed by atoms with Crippen LogP contribution in [0.5, 0.6) is 0 Å². The lowest BCUT2D eigenvalue weighted by atomic mass is 10.1. The second-order valence-electron chi connectivity index (χ2n) is 4.13. The molecule has 5 heteroatoms. The zero-order valence-electron chi connectivity index (χ0n) is 10.2. The Bertz CT molecular complexity index is 522. The van der Waals surface area contributed by atoms with Crippen molar-refractivity contribution in [2.75, 3.05) is 7.05 Å². The normalized spacial score (nSPS) is 12.2. The summed E-state index contributed by atoms with van der Waals surface area (Å²) in [4.78, 5) is 13.8. The van der Waals surface area contributed by atoms with Crippen molar-refractivity contribution in [3.8, 4) is 0 Å². The second-order valence-corrected chi connectivity index (χ2v) is 4.57. The fourth-order valence-electron chi connectivity index (χ4n) is 1.71. The number of aromatic nitrogens is 2. The van der Waals surface area contributed by atoms with Crippen LogP contribution in [0.15, 0.2) is 36.7 Å². The highest BCUT2D eigenvalue weighted by atomic mass is 35.5. The lowest BCUT2D eigenvalue weighted by Crippen LogP contribution is -2.29. The summed E-state index contributed by atoms with van der Waals surface area (Å²) >= 11 is 5.85. The van der Waals surface area contributed by atoms with E-state index in [-0.39, 0.29) is 11.9 Å². The van der Waals surface area contributed by atoms with Crippen LogP contribution in [0.1, 0.15) is 28.9 Å². The minimum atomic E-state index is -0.0637. The predicted octanol–water partition coefficient (Wildman–Crippen LogP) is 2.90. The quantitative estimate of drug-likeness (QED) is 0.926. The molecule has 0 bridgehead atoms. The van der Waals surface area contributed by atoms with Gasteiger partial charge in [0.1, 0.15) is 0 Å². The molecule has 1 aromatic heterocycles. The van der Waals surface area contributed by atoms with E-state index in [1.165, 1.54) is 6.20 Å². The van der Waals surface area contributed by atoms with Gasteiger partial charge in [-0.2, -0.15) is 5.10 Å². The van der Waals surface area contributed by atoms with E-state index < -0.39 is 0 Å². The van der Waals surface area contributed by atoms with Gasteiger partial charge in [-0.05, 0) is 24.6 Å². The molecular weight excluding hydrogens is 250 g/mol. The molecular formula is C13H14ClN3O. The van der Waals surface area contributed by atoms with Gasteiger partial charge in [0.2, 0.25) is 0 Å². The second kappa shape index (κ2) is 5.23. The number of nitrogens with zero attached hydrogens (tertiary/aromatic N) is 2. The summed E-state index contributed by atoms with van der Waals surface area (Å²) in [6.07, 6.45) is 3.11. The molecule has 2 rings (SSSR count). The smallest absolute Gasteiger partial charge is 0.257 e. The number of benzene rings is 1. The Hall–Kier alpha value is -1.81. The molecule has 94 valence electrons. The molecule has 1 aromatic carbocycles. The SMILES string of the molecule is CC(c1ccc(Cl)cc1)N(C)C(=O)c1cn[nH]c1. The molecule has 0 aliphatic heterocycles. The van der Waals surface area contributed by atoms with Crippen LogP contribution >= 0.6 is 11.6 Å². The third-order valence-corrected chi connectivity index (χ3v) is 3.25. The van der Waals surface area contributed by atoms with Crippen LogP contribution in [-0.2, 0) is 0 Å². The van der Waals surface area contributed by atoms with Crippen molar-refractivity contribution in [3.05, 3.63) is 52.8 Å². The van der Waals surface area contributed by atoms with Crippen molar-refractivity contribution in [1.82, 2.24) is 15.1 Å². The van der Waals surface area contributed by atoms with Gasteiger partial charge in [-0.15, -0.1) is 0 Å². The maximum absolute atomic E-state index is 12.1. The zero-order valence-corrected chi connectivity index (χ0v) is 11.0. The van der Waals surface area contributed by atoms with Crippen molar-refractivity contribution < 1.29 is 4.79 Å². The fourth-order valence-corrected chi connectivity index (χ4v) is 1.84. The molecule has 0 fully saturated rings. The van der Waals surface area contributed by atoms with Crippen LogP contribution in [0.2, 0.25) is 5.02 Å². The molecule has 1 atom stereocenters. The maximum Gasteiger partial charge on any atom is 0.257 e. The number of nitrogens with one attached hydrogen (secondary N) is 1. The molecule has 1 heterocycles. The average molecular weight is 264 g/mol. The van der Waals surface area contributed by atoms with E-state index in [1.54, 1.807) is 18.1 Å². The summed E-state index contributed by atoms with van der Waals surface area (Å²) in [6, 6.07) is 7.47. The van der Waals surface area contributed by atoms with Gasteiger partial charge in [0.25, 0.3) is 5.91 Å². The van der Waals surface area contributed by atoms with Gasteiger partial charge in [0, 0.05) is 18.3 Å². The molecule has 0 aliphatic rings. The lowest BCUT2D eigenvalue weighted by molar-refractivity contribution is 0.0742. The Morgan fingerprint density at radius 2 is 2.06 bits per heavy atom. The monoisotopic (exact) mass is 263 g/mol. The van der Waals surface area contributed by atoms with E-state index in [0.717, 1.165) is 5.56 Å². The van der Waals surface area contributed by atoms with Crippen LogP contribution in [0, 0.1) is 0 Å². The number of rotatable bonds is 3. The van der Waals surface area contributed by atoms with Crippen molar-refractivity contribution in [2.24, 2.45) is 0 Å². The first kappa shape index (κ1) is 12.6. The molecule has 4 nitrogen and oxygen atoms in total. The molecule has 0 saturated carbocycles. The zero-order chi connectivity index (χ0) is 13.1. The summed E-state index contributed by atoms with van der Waals surface area (Å²) in [6.45, 7) is 1.97.